The van der Waals surface area contributed by atoms with E-state index in [0.29, 0.717) is 5.92 Å². The van der Waals surface area contributed by atoms with E-state index in [0.717, 1.165) is 25.9 Å². The molecule has 0 bridgehead atoms. The molecule has 2 N–H and O–H groups in total. The number of piperidine rings is 1. The number of hydrogen-bond acceptors (Lipinski definition) is 3. The Bertz CT molecular complexity index is 303. The van der Waals surface area contributed by atoms with Crippen molar-refractivity contribution in [2.24, 2.45) is 16.5 Å². The Labute approximate surface area is 92.9 Å². The van der Waals surface area contributed by atoms with Gasteiger partial charge >= 0.3 is 0 Å². The van der Waals surface area contributed by atoms with Gasteiger partial charge in [-0.25, -0.2) is 13.6 Å². The largest absolute Gasteiger partial charge is 0.306 e. The van der Waals surface area contributed by atoms with Crippen LogP contribution in [0, 0.1) is 11.3 Å². The average molecular weight is 234 g/mol. The van der Waals surface area contributed by atoms with E-state index in [-0.39, 0.29) is 11.2 Å². The minimum absolute atomic E-state index is 0.0916. The lowest BCUT2D eigenvalue weighted by atomic mass is 9.75. The van der Waals surface area contributed by atoms with Crippen LogP contribution in [0.3, 0.4) is 0 Å². The first-order chi connectivity index (χ1) is 6.71. The molecule has 0 aromatic rings. The van der Waals surface area contributed by atoms with Crippen LogP contribution in [0.1, 0.15) is 26.7 Å². The van der Waals surface area contributed by atoms with Crippen LogP contribution in [0.2, 0.25) is 0 Å². The second-order valence-corrected chi connectivity index (χ2v) is 6.99. The van der Waals surface area contributed by atoms with E-state index in [1.54, 1.807) is 0 Å². The number of sulfonamides is 1. The highest BCUT2D eigenvalue weighted by molar-refractivity contribution is 7.89. The first-order valence-electron chi connectivity index (χ1n) is 5.40. The molecule has 1 fully saturated rings. The third-order valence-corrected chi connectivity index (χ3v) is 4.54. The van der Waals surface area contributed by atoms with Gasteiger partial charge in [0.2, 0.25) is 10.0 Å². The Kier molecular flexibility index (Phi) is 3.79. The van der Waals surface area contributed by atoms with Crippen LogP contribution < -0.4 is 5.14 Å². The zero-order valence-electron chi connectivity index (χ0n) is 9.86. The summed E-state index contributed by atoms with van der Waals surface area (Å²) in [4.78, 5) is 2.28. The van der Waals surface area contributed by atoms with E-state index in [1.165, 1.54) is 0 Å². The summed E-state index contributed by atoms with van der Waals surface area (Å²) in [6.07, 6.45) is 2.14. The van der Waals surface area contributed by atoms with Crippen LogP contribution in [0.5, 0.6) is 0 Å². The van der Waals surface area contributed by atoms with Crippen molar-refractivity contribution in [3.63, 3.8) is 0 Å². The summed E-state index contributed by atoms with van der Waals surface area (Å²) in [6, 6.07) is 0. The Morgan fingerprint density at radius 2 is 1.80 bits per heavy atom. The number of primary sulfonamides is 1. The van der Waals surface area contributed by atoms with Gasteiger partial charge in [0.05, 0.1) is 5.75 Å². The highest BCUT2D eigenvalue weighted by Gasteiger charge is 2.34. The molecule has 0 aliphatic carbocycles. The summed E-state index contributed by atoms with van der Waals surface area (Å²) >= 11 is 0. The maximum atomic E-state index is 11.1. The van der Waals surface area contributed by atoms with Crippen LogP contribution in [-0.4, -0.2) is 39.2 Å². The van der Waals surface area contributed by atoms with Gasteiger partial charge in [0.15, 0.2) is 0 Å². The van der Waals surface area contributed by atoms with Crippen molar-refractivity contribution in [2.75, 3.05) is 25.9 Å². The molecule has 1 aliphatic heterocycles. The van der Waals surface area contributed by atoms with Crippen molar-refractivity contribution >= 4 is 10.0 Å². The molecule has 0 radical (unpaired) electrons. The third kappa shape index (κ3) is 4.09. The van der Waals surface area contributed by atoms with Crippen LogP contribution in [0.25, 0.3) is 0 Å². The van der Waals surface area contributed by atoms with Gasteiger partial charge in [-0.05, 0) is 44.3 Å². The number of nitrogens with zero attached hydrogens (tertiary/aromatic N) is 1. The van der Waals surface area contributed by atoms with Crippen molar-refractivity contribution in [1.82, 2.24) is 4.90 Å². The van der Waals surface area contributed by atoms with Crippen molar-refractivity contribution < 1.29 is 8.42 Å². The topological polar surface area (TPSA) is 63.4 Å². The van der Waals surface area contributed by atoms with E-state index in [2.05, 4.69) is 11.9 Å². The number of likely N-dealkylation sites (tertiary alicyclic amines) is 1. The first-order valence-corrected chi connectivity index (χ1v) is 7.11. The molecule has 1 aliphatic rings. The summed E-state index contributed by atoms with van der Waals surface area (Å²) in [5.41, 5.74) is -0.200. The normalized spacial score (nSPS) is 21.9. The number of rotatable bonds is 3. The lowest BCUT2D eigenvalue weighted by molar-refractivity contribution is 0.131. The third-order valence-electron chi connectivity index (χ3n) is 3.40. The van der Waals surface area contributed by atoms with Crippen LogP contribution >= 0.6 is 0 Å². The van der Waals surface area contributed by atoms with E-state index in [9.17, 15) is 8.42 Å². The minimum atomic E-state index is -3.36. The fourth-order valence-electron chi connectivity index (χ4n) is 2.43. The molecule has 0 spiro atoms. The predicted molar refractivity (Wildman–Crippen MR) is 62.0 cm³/mol. The van der Waals surface area contributed by atoms with Crippen molar-refractivity contribution in [2.45, 2.75) is 26.7 Å². The molecule has 0 aromatic heterocycles. The van der Waals surface area contributed by atoms with Crippen molar-refractivity contribution in [3.8, 4) is 0 Å². The van der Waals surface area contributed by atoms with Gasteiger partial charge in [0, 0.05) is 0 Å². The second kappa shape index (κ2) is 4.39. The molecule has 0 atom stereocenters. The summed E-state index contributed by atoms with van der Waals surface area (Å²) in [5, 5.41) is 5.12. The molecular formula is C10H22N2O2S. The SMILES string of the molecule is CN1CCC(C(C)(C)CS(N)(=O)=O)CC1. The second-order valence-electron chi connectivity index (χ2n) is 5.37. The van der Waals surface area contributed by atoms with E-state index in [1.807, 2.05) is 13.8 Å². The molecule has 1 saturated heterocycles. The fraction of sp³-hybridized carbons (Fsp3) is 1.00. The minimum Gasteiger partial charge on any atom is -0.306 e. The summed E-state index contributed by atoms with van der Waals surface area (Å²) in [6.45, 7) is 6.12. The molecule has 0 amide bonds. The molecule has 90 valence electrons. The highest BCUT2D eigenvalue weighted by Crippen LogP contribution is 2.35. The Balaban J connectivity index is 2.61. The van der Waals surface area contributed by atoms with Gasteiger partial charge in [0.1, 0.15) is 0 Å². The smallest absolute Gasteiger partial charge is 0.209 e. The zero-order chi connectivity index (χ0) is 11.7. The molecule has 1 heterocycles. The average Bonchev–Trinajstić information content (AvgIpc) is 2.00. The molecule has 4 nitrogen and oxygen atoms in total. The summed E-state index contributed by atoms with van der Waals surface area (Å²) in [5.74, 6) is 0.556. The molecule has 0 unspecified atom stereocenters. The molecule has 0 saturated carbocycles. The summed E-state index contributed by atoms with van der Waals surface area (Å²) in [7, 11) is -1.26. The Morgan fingerprint density at radius 1 is 1.33 bits per heavy atom. The maximum Gasteiger partial charge on any atom is 0.209 e. The highest BCUT2D eigenvalue weighted by atomic mass is 32.2. The number of nitrogens with two attached hydrogens (primary N) is 1. The molecule has 5 heteroatoms. The molecule has 15 heavy (non-hydrogen) atoms. The van der Waals surface area contributed by atoms with Crippen LogP contribution in [0.15, 0.2) is 0 Å². The lowest BCUT2D eigenvalue weighted by Gasteiger charge is -2.39. The van der Waals surface area contributed by atoms with Crippen LogP contribution in [-0.2, 0) is 10.0 Å². The van der Waals surface area contributed by atoms with E-state index in [4.69, 9.17) is 5.14 Å². The zero-order valence-corrected chi connectivity index (χ0v) is 10.7. The fourth-order valence-corrected chi connectivity index (χ4v) is 3.70. The molecule has 1 rings (SSSR count). The van der Waals surface area contributed by atoms with Gasteiger partial charge in [-0.1, -0.05) is 13.8 Å². The van der Waals surface area contributed by atoms with Gasteiger partial charge in [-0.15, -0.1) is 0 Å². The summed E-state index contributed by atoms with van der Waals surface area (Å²) < 4.78 is 22.2. The van der Waals surface area contributed by atoms with Crippen molar-refractivity contribution in [3.05, 3.63) is 0 Å². The van der Waals surface area contributed by atoms with Gasteiger partial charge in [0.25, 0.3) is 0 Å². The van der Waals surface area contributed by atoms with Crippen LogP contribution in [0.4, 0.5) is 0 Å². The van der Waals surface area contributed by atoms with Gasteiger partial charge < -0.3 is 4.90 Å². The predicted octanol–water partition coefficient (Wildman–Crippen LogP) is 0.643. The van der Waals surface area contributed by atoms with Gasteiger partial charge in [-0.2, -0.15) is 0 Å². The van der Waals surface area contributed by atoms with Crippen molar-refractivity contribution in [1.29, 1.82) is 0 Å². The Hall–Kier alpha value is -0.130. The number of hydrogen-bond donors (Lipinski definition) is 1. The standard InChI is InChI=1S/C10H22N2O2S/c1-10(2,8-15(11,13)14)9-4-6-12(3)7-5-9/h9H,4-8H2,1-3H3,(H2,11,13,14). The molecule has 0 aromatic carbocycles. The first kappa shape index (κ1) is 12.9. The van der Waals surface area contributed by atoms with E-state index >= 15 is 0 Å². The molecular weight excluding hydrogens is 212 g/mol. The lowest BCUT2D eigenvalue weighted by Crippen LogP contribution is -2.41. The van der Waals surface area contributed by atoms with Gasteiger partial charge in [-0.3, -0.25) is 0 Å². The van der Waals surface area contributed by atoms with E-state index < -0.39 is 10.0 Å². The maximum absolute atomic E-state index is 11.1. The monoisotopic (exact) mass is 234 g/mol. The quantitative estimate of drug-likeness (QED) is 0.779. The Morgan fingerprint density at radius 3 is 2.20 bits per heavy atom.